The first-order valence-electron chi connectivity index (χ1n) is 8.56. The summed E-state index contributed by atoms with van der Waals surface area (Å²) in [5.41, 5.74) is 0.215. The molecule has 1 aromatic heterocycles. The number of hydrogen-bond donors (Lipinski definition) is 1. The predicted octanol–water partition coefficient (Wildman–Crippen LogP) is 2.36. The zero-order chi connectivity index (χ0) is 19.4. The van der Waals surface area contributed by atoms with Gasteiger partial charge in [0.1, 0.15) is 6.10 Å². The molecule has 1 aliphatic rings. The molecule has 0 spiro atoms. The average molecular weight is 392 g/mol. The molecule has 3 rings (SSSR count). The molecule has 0 bridgehead atoms. The number of nitro benzene ring substituents is 1. The Kier molecular flexibility index (Phi) is 5.66. The van der Waals surface area contributed by atoms with Crippen LogP contribution in [0.1, 0.15) is 31.2 Å². The van der Waals surface area contributed by atoms with Gasteiger partial charge in [-0.25, -0.2) is 23.1 Å². The van der Waals surface area contributed by atoms with E-state index < -0.39 is 14.9 Å². The highest BCUT2D eigenvalue weighted by atomic mass is 32.2. The van der Waals surface area contributed by atoms with Gasteiger partial charge < -0.3 is 4.74 Å². The number of hydrogen-bond acceptors (Lipinski definition) is 7. The van der Waals surface area contributed by atoms with Crippen LogP contribution in [0, 0.1) is 17.0 Å². The van der Waals surface area contributed by atoms with E-state index in [2.05, 4.69) is 14.7 Å². The minimum Gasteiger partial charge on any atom is -0.460 e. The Morgan fingerprint density at radius 1 is 1.19 bits per heavy atom. The van der Waals surface area contributed by atoms with E-state index in [1.165, 1.54) is 12.1 Å². The van der Waals surface area contributed by atoms with Gasteiger partial charge in [-0.1, -0.05) is 6.07 Å². The van der Waals surface area contributed by atoms with Gasteiger partial charge in [0.2, 0.25) is 10.0 Å². The van der Waals surface area contributed by atoms with Crippen LogP contribution >= 0.6 is 0 Å². The van der Waals surface area contributed by atoms with Crippen LogP contribution < -0.4 is 9.46 Å². The van der Waals surface area contributed by atoms with Crippen molar-refractivity contribution in [1.29, 1.82) is 0 Å². The van der Waals surface area contributed by atoms with Crippen molar-refractivity contribution in [1.82, 2.24) is 14.7 Å². The van der Waals surface area contributed by atoms with E-state index in [0.717, 1.165) is 6.07 Å². The summed E-state index contributed by atoms with van der Waals surface area (Å²) in [6.45, 7) is 1.61. The Bertz CT molecular complexity index is 912. The molecule has 0 aliphatic heterocycles. The van der Waals surface area contributed by atoms with E-state index in [4.69, 9.17) is 4.74 Å². The number of ether oxygens (including phenoxy) is 1. The van der Waals surface area contributed by atoms with E-state index in [-0.39, 0.29) is 22.7 Å². The van der Waals surface area contributed by atoms with Gasteiger partial charge in [-0.2, -0.15) is 0 Å². The number of aryl methyl sites for hydroxylation is 1. The van der Waals surface area contributed by atoms with Gasteiger partial charge in [-0.15, -0.1) is 0 Å². The lowest BCUT2D eigenvalue weighted by atomic mass is 9.94. The quantitative estimate of drug-likeness (QED) is 0.591. The van der Waals surface area contributed by atoms with Crippen LogP contribution in [0.4, 0.5) is 5.69 Å². The van der Waals surface area contributed by atoms with Crippen LogP contribution in [-0.4, -0.2) is 35.5 Å². The maximum absolute atomic E-state index is 12.7. The molecule has 1 N–H and O–H groups in total. The second kappa shape index (κ2) is 7.97. The normalized spacial score (nSPS) is 20.2. The molecule has 10 heteroatoms. The second-order valence-electron chi connectivity index (χ2n) is 6.45. The van der Waals surface area contributed by atoms with Gasteiger partial charge in [0, 0.05) is 30.6 Å². The molecular formula is C17H20N4O5S. The molecule has 0 radical (unpaired) electrons. The molecule has 0 atom stereocenters. The van der Waals surface area contributed by atoms with E-state index in [1.807, 2.05) is 0 Å². The number of sulfonamides is 1. The molecule has 2 aromatic rings. The Morgan fingerprint density at radius 3 is 2.48 bits per heavy atom. The molecule has 0 saturated heterocycles. The first-order valence-corrected chi connectivity index (χ1v) is 10.0. The topological polar surface area (TPSA) is 124 Å². The Hall–Kier alpha value is -2.59. The molecule has 9 nitrogen and oxygen atoms in total. The fraction of sp³-hybridized carbons (Fsp3) is 0.412. The lowest BCUT2D eigenvalue weighted by Crippen LogP contribution is -2.40. The lowest BCUT2D eigenvalue weighted by Gasteiger charge is -2.28. The van der Waals surface area contributed by atoms with Crippen LogP contribution in [0.15, 0.2) is 41.6 Å². The van der Waals surface area contributed by atoms with Gasteiger partial charge >= 0.3 is 6.01 Å². The highest BCUT2D eigenvalue weighted by molar-refractivity contribution is 7.89. The molecule has 1 saturated carbocycles. The third kappa shape index (κ3) is 4.77. The van der Waals surface area contributed by atoms with Crippen molar-refractivity contribution < 1.29 is 18.1 Å². The van der Waals surface area contributed by atoms with Crippen molar-refractivity contribution in [2.24, 2.45) is 0 Å². The first-order chi connectivity index (χ1) is 12.8. The Balaban J connectivity index is 1.63. The summed E-state index contributed by atoms with van der Waals surface area (Å²) in [4.78, 5) is 18.3. The predicted molar refractivity (Wildman–Crippen MR) is 96.9 cm³/mol. The molecule has 144 valence electrons. The third-order valence-electron chi connectivity index (χ3n) is 4.48. The molecule has 0 unspecified atom stereocenters. The lowest BCUT2D eigenvalue weighted by molar-refractivity contribution is -0.385. The number of nitro groups is 1. The van der Waals surface area contributed by atoms with E-state index in [1.54, 1.807) is 25.4 Å². The van der Waals surface area contributed by atoms with Gasteiger partial charge in [0.25, 0.3) is 5.69 Å². The number of aromatic nitrogens is 2. The van der Waals surface area contributed by atoms with Crippen LogP contribution in [0.5, 0.6) is 6.01 Å². The van der Waals surface area contributed by atoms with Crippen molar-refractivity contribution in [3.8, 4) is 6.01 Å². The highest BCUT2D eigenvalue weighted by Crippen LogP contribution is 2.26. The SMILES string of the molecule is Cc1ccc([N+](=O)[O-])cc1S(=O)(=O)NC1CCC(Oc2ncccn2)CC1. The summed E-state index contributed by atoms with van der Waals surface area (Å²) in [5.74, 6) is 0. The standard InChI is InChI=1S/C17H20N4O5S/c1-12-3-6-14(21(22)23)11-16(12)27(24,25)20-13-4-7-15(8-5-13)26-17-18-9-2-10-19-17/h2-3,6,9-11,13,15,20H,4-5,7-8H2,1H3. The monoisotopic (exact) mass is 392 g/mol. The van der Waals surface area contributed by atoms with Gasteiger partial charge in [-0.05, 0) is 44.2 Å². The molecule has 0 amide bonds. The zero-order valence-corrected chi connectivity index (χ0v) is 15.6. The molecule has 1 aliphatic carbocycles. The zero-order valence-electron chi connectivity index (χ0n) is 14.7. The van der Waals surface area contributed by atoms with Gasteiger partial charge in [0.05, 0.1) is 9.82 Å². The smallest absolute Gasteiger partial charge is 0.316 e. The number of benzene rings is 1. The molecule has 1 heterocycles. The minimum atomic E-state index is -3.84. The fourth-order valence-corrected chi connectivity index (χ4v) is 4.64. The molecule has 1 fully saturated rings. The summed E-state index contributed by atoms with van der Waals surface area (Å²) in [7, 11) is -3.84. The van der Waals surface area contributed by atoms with Gasteiger partial charge in [-0.3, -0.25) is 10.1 Å². The fourth-order valence-electron chi connectivity index (χ4n) is 3.07. The van der Waals surface area contributed by atoms with E-state index in [9.17, 15) is 18.5 Å². The van der Waals surface area contributed by atoms with Crippen molar-refractivity contribution in [2.75, 3.05) is 0 Å². The summed E-state index contributed by atoms with van der Waals surface area (Å²) in [6.07, 6.45) is 5.67. The number of rotatable bonds is 6. The van der Waals surface area contributed by atoms with Crippen molar-refractivity contribution in [2.45, 2.75) is 49.6 Å². The van der Waals surface area contributed by atoms with Crippen molar-refractivity contribution in [3.63, 3.8) is 0 Å². The first kappa shape index (κ1) is 19.2. The number of nitrogens with zero attached hydrogens (tertiary/aromatic N) is 3. The van der Waals surface area contributed by atoms with Crippen molar-refractivity contribution >= 4 is 15.7 Å². The summed E-state index contributed by atoms with van der Waals surface area (Å²) in [5, 5.41) is 10.9. The highest BCUT2D eigenvalue weighted by Gasteiger charge is 2.28. The number of nitrogens with one attached hydrogen (secondary N) is 1. The summed E-state index contributed by atoms with van der Waals surface area (Å²) >= 11 is 0. The Morgan fingerprint density at radius 2 is 1.85 bits per heavy atom. The van der Waals surface area contributed by atoms with E-state index >= 15 is 0 Å². The van der Waals surface area contributed by atoms with Crippen molar-refractivity contribution in [3.05, 3.63) is 52.3 Å². The maximum Gasteiger partial charge on any atom is 0.316 e. The summed E-state index contributed by atoms with van der Waals surface area (Å²) < 4.78 is 33.7. The van der Waals surface area contributed by atoms with Crippen LogP contribution in [-0.2, 0) is 10.0 Å². The maximum atomic E-state index is 12.7. The number of non-ortho nitro benzene ring substituents is 1. The Labute approximate surface area is 157 Å². The van der Waals surface area contributed by atoms with Crippen LogP contribution in [0.2, 0.25) is 0 Å². The van der Waals surface area contributed by atoms with Gasteiger partial charge in [0.15, 0.2) is 0 Å². The average Bonchev–Trinajstić information content (AvgIpc) is 2.64. The molecular weight excluding hydrogens is 372 g/mol. The second-order valence-corrected chi connectivity index (χ2v) is 8.13. The minimum absolute atomic E-state index is 0.0623. The summed E-state index contributed by atoms with van der Waals surface area (Å²) in [6, 6.07) is 5.60. The largest absolute Gasteiger partial charge is 0.460 e. The van der Waals surface area contributed by atoms with E-state index in [0.29, 0.717) is 37.3 Å². The van der Waals surface area contributed by atoms with Crippen LogP contribution in [0.3, 0.4) is 0 Å². The molecule has 1 aromatic carbocycles. The third-order valence-corrected chi connectivity index (χ3v) is 6.14. The molecule has 27 heavy (non-hydrogen) atoms. The van der Waals surface area contributed by atoms with Crippen LogP contribution in [0.25, 0.3) is 0 Å².